The predicted molar refractivity (Wildman–Crippen MR) is 127 cm³/mol. The summed E-state index contributed by atoms with van der Waals surface area (Å²) in [4.78, 5) is 20.3. The van der Waals surface area contributed by atoms with Crippen molar-refractivity contribution in [3.63, 3.8) is 0 Å². The third-order valence-electron chi connectivity index (χ3n) is 7.38. The monoisotopic (exact) mass is 427 g/mol. The van der Waals surface area contributed by atoms with Gasteiger partial charge in [0.1, 0.15) is 5.82 Å². The molecule has 2 aliphatic heterocycles. The molecular formula is C26H29N5O. The molecule has 164 valence electrons. The van der Waals surface area contributed by atoms with E-state index in [1.165, 1.54) is 28.6 Å². The van der Waals surface area contributed by atoms with Gasteiger partial charge in [0.15, 0.2) is 0 Å². The molecular weight excluding hydrogens is 398 g/mol. The summed E-state index contributed by atoms with van der Waals surface area (Å²) in [6.07, 6.45) is 7.01. The van der Waals surface area contributed by atoms with Crippen LogP contribution < -0.4 is 5.56 Å². The maximum atomic E-state index is 13.3. The van der Waals surface area contributed by atoms with Crippen LogP contribution in [0.1, 0.15) is 30.5 Å². The third-order valence-corrected chi connectivity index (χ3v) is 7.38. The molecule has 2 atom stereocenters. The molecule has 4 aromatic rings. The second-order valence-corrected chi connectivity index (χ2v) is 9.39. The van der Waals surface area contributed by atoms with Gasteiger partial charge in [0.25, 0.3) is 5.56 Å². The number of fused-ring (bicyclic) bond motifs is 5. The summed E-state index contributed by atoms with van der Waals surface area (Å²) in [7, 11) is 1.94. The Balaban J connectivity index is 1.30. The number of rotatable bonds is 4. The highest BCUT2D eigenvalue weighted by molar-refractivity contribution is 5.83. The fourth-order valence-electron chi connectivity index (χ4n) is 5.91. The van der Waals surface area contributed by atoms with E-state index in [0.717, 1.165) is 38.5 Å². The fourth-order valence-corrected chi connectivity index (χ4v) is 5.91. The first-order valence-corrected chi connectivity index (χ1v) is 11.6. The molecule has 0 spiro atoms. The van der Waals surface area contributed by atoms with Crippen molar-refractivity contribution in [2.45, 2.75) is 38.9 Å². The number of likely N-dealkylation sites (tertiary alicyclic amines) is 1. The standard InChI is InChI=1S/C26H29N5O/c1-3-30-11-9-21-19(5-4-6-24(21)30)16-29-14-18-13-20(17-29)23-8-7-22(26(32)31(23)15-18)25-27-10-12-28(25)2/h4-12,18,20H,3,13-17H2,1-2H3/t18-,20+/m0/s1. The van der Waals surface area contributed by atoms with Crippen LogP contribution in [0, 0.1) is 5.92 Å². The summed E-state index contributed by atoms with van der Waals surface area (Å²) < 4.78 is 6.26. The third kappa shape index (κ3) is 3.05. The zero-order chi connectivity index (χ0) is 21.8. The van der Waals surface area contributed by atoms with E-state index in [9.17, 15) is 4.79 Å². The number of pyridine rings is 1. The minimum Gasteiger partial charge on any atom is -0.348 e. The first-order valence-electron chi connectivity index (χ1n) is 11.6. The summed E-state index contributed by atoms with van der Waals surface area (Å²) in [5.74, 6) is 1.66. The summed E-state index contributed by atoms with van der Waals surface area (Å²) in [6, 6.07) is 13.1. The van der Waals surface area contributed by atoms with Gasteiger partial charge in [-0.1, -0.05) is 12.1 Å². The summed E-state index contributed by atoms with van der Waals surface area (Å²) in [6.45, 7) is 7.00. The highest BCUT2D eigenvalue weighted by Crippen LogP contribution is 2.36. The number of benzene rings is 1. The van der Waals surface area contributed by atoms with E-state index < -0.39 is 0 Å². The molecule has 6 rings (SSSR count). The van der Waals surface area contributed by atoms with Crippen LogP contribution in [0.15, 0.2) is 59.8 Å². The second kappa shape index (κ2) is 7.48. The highest BCUT2D eigenvalue weighted by atomic mass is 16.1. The van der Waals surface area contributed by atoms with Crippen LogP contribution >= 0.6 is 0 Å². The molecule has 0 aliphatic carbocycles. The molecule has 1 saturated heterocycles. The van der Waals surface area contributed by atoms with Gasteiger partial charge in [-0.3, -0.25) is 9.69 Å². The molecule has 2 bridgehead atoms. The van der Waals surface area contributed by atoms with Crippen LogP contribution in [0.5, 0.6) is 0 Å². The Labute approximate surface area is 187 Å². The van der Waals surface area contributed by atoms with Gasteiger partial charge in [0, 0.05) is 80.9 Å². The van der Waals surface area contributed by atoms with Gasteiger partial charge in [-0.05, 0) is 49.1 Å². The average molecular weight is 428 g/mol. The van der Waals surface area contributed by atoms with Crippen LogP contribution in [0.3, 0.4) is 0 Å². The topological polar surface area (TPSA) is 48.0 Å². The number of nitrogens with zero attached hydrogens (tertiary/aromatic N) is 5. The largest absolute Gasteiger partial charge is 0.348 e. The molecule has 1 aromatic carbocycles. The number of imidazole rings is 1. The normalized spacial score (nSPS) is 20.6. The van der Waals surface area contributed by atoms with Gasteiger partial charge in [-0.15, -0.1) is 0 Å². The van der Waals surface area contributed by atoms with E-state index in [1.807, 2.05) is 28.4 Å². The van der Waals surface area contributed by atoms with Crippen molar-refractivity contribution in [1.29, 1.82) is 0 Å². The minimum absolute atomic E-state index is 0.102. The maximum absolute atomic E-state index is 13.3. The van der Waals surface area contributed by atoms with Crippen molar-refractivity contribution in [2.24, 2.45) is 13.0 Å². The van der Waals surface area contributed by atoms with Crippen molar-refractivity contribution in [3.05, 3.63) is 76.6 Å². The van der Waals surface area contributed by atoms with Crippen molar-refractivity contribution in [3.8, 4) is 11.4 Å². The molecule has 32 heavy (non-hydrogen) atoms. The van der Waals surface area contributed by atoms with Gasteiger partial charge in [0.2, 0.25) is 0 Å². The zero-order valence-electron chi connectivity index (χ0n) is 18.7. The summed E-state index contributed by atoms with van der Waals surface area (Å²) in [5.41, 5.74) is 4.71. The van der Waals surface area contributed by atoms with E-state index in [1.54, 1.807) is 6.20 Å². The lowest BCUT2D eigenvalue weighted by atomic mass is 9.82. The number of aryl methyl sites for hydroxylation is 2. The molecule has 1 fully saturated rings. The van der Waals surface area contributed by atoms with E-state index in [4.69, 9.17) is 0 Å². The first kappa shape index (κ1) is 19.6. The molecule has 0 amide bonds. The Bertz CT molecular complexity index is 1360. The minimum atomic E-state index is 0.102. The molecule has 0 N–H and O–H groups in total. The average Bonchev–Trinajstić information content (AvgIpc) is 3.41. The van der Waals surface area contributed by atoms with E-state index in [0.29, 0.717) is 17.4 Å². The van der Waals surface area contributed by atoms with Crippen LogP contribution in [0.2, 0.25) is 0 Å². The van der Waals surface area contributed by atoms with Crippen molar-refractivity contribution >= 4 is 10.9 Å². The van der Waals surface area contributed by atoms with Gasteiger partial charge in [0.05, 0.1) is 5.56 Å². The Morgan fingerprint density at radius 2 is 1.97 bits per heavy atom. The van der Waals surface area contributed by atoms with Gasteiger partial charge >= 0.3 is 0 Å². The number of hydrogen-bond acceptors (Lipinski definition) is 3. The molecule has 0 unspecified atom stereocenters. The Hall–Kier alpha value is -3.12. The molecule has 5 heterocycles. The Morgan fingerprint density at radius 1 is 1.06 bits per heavy atom. The maximum Gasteiger partial charge on any atom is 0.261 e. The van der Waals surface area contributed by atoms with Crippen LogP contribution in [-0.4, -0.2) is 36.7 Å². The Morgan fingerprint density at radius 3 is 2.78 bits per heavy atom. The first-order chi connectivity index (χ1) is 15.6. The lowest BCUT2D eigenvalue weighted by molar-refractivity contribution is 0.115. The van der Waals surface area contributed by atoms with Crippen LogP contribution in [-0.2, 0) is 26.7 Å². The summed E-state index contributed by atoms with van der Waals surface area (Å²) >= 11 is 0. The molecule has 3 aromatic heterocycles. The van der Waals surface area contributed by atoms with Crippen LogP contribution in [0.4, 0.5) is 0 Å². The summed E-state index contributed by atoms with van der Waals surface area (Å²) in [5, 5.41) is 1.36. The molecule has 2 aliphatic rings. The quantitative estimate of drug-likeness (QED) is 0.497. The number of piperidine rings is 1. The lowest BCUT2D eigenvalue weighted by Gasteiger charge is -2.43. The smallest absolute Gasteiger partial charge is 0.261 e. The molecule has 0 radical (unpaired) electrons. The second-order valence-electron chi connectivity index (χ2n) is 9.39. The van der Waals surface area contributed by atoms with Gasteiger partial charge in [-0.2, -0.15) is 0 Å². The van der Waals surface area contributed by atoms with E-state index in [-0.39, 0.29) is 5.56 Å². The van der Waals surface area contributed by atoms with E-state index >= 15 is 0 Å². The lowest BCUT2D eigenvalue weighted by Crippen LogP contribution is -2.47. The molecule has 0 saturated carbocycles. The predicted octanol–water partition coefficient (Wildman–Crippen LogP) is 3.84. The van der Waals surface area contributed by atoms with Crippen molar-refractivity contribution < 1.29 is 0 Å². The number of hydrogen-bond donors (Lipinski definition) is 0. The molecule has 6 heteroatoms. The van der Waals surface area contributed by atoms with E-state index in [2.05, 4.69) is 57.9 Å². The SMILES string of the molecule is CCn1ccc2c(CN3C[C@@H]4C[C@H](C3)c3ccc(-c5nccn5C)c(=O)n3C4)cccc21. The van der Waals surface area contributed by atoms with Crippen molar-refractivity contribution in [1.82, 2.24) is 23.6 Å². The number of aromatic nitrogens is 4. The molecule has 6 nitrogen and oxygen atoms in total. The van der Waals surface area contributed by atoms with Gasteiger partial charge in [-0.25, -0.2) is 4.98 Å². The fraction of sp³-hybridized carbons (Fsp3) is 0.385. The Kier molecular flexibility index (Phi) is 4.57. The van der Waals surface area contributed by atoms with Crippen LogP contribution in [0.25, 0.3) is 22.3 Å². The van der Waals surface area contributed by atoms with Gasteiger partial charge < -0.3 is 13.7 Å². The zero-order valence-corrected chi connectivity index (χ0v) is 18.7. The highest BCUT2D eigenvalue weighted by Gasteiger charge is 2.35. The van der Waals surface area contributed by atoms with Crippen molar-refractivity contribution in [2.75, 3.05) is 13.1 Å².